The highest BCUT2D eigenvalue weighted by Crippen LogP contribution is 2.49. The summed E-state index contributed by atoms with van der Waals surface area (Å²) in [4.78, 5) is 11.4. The predicted molar refractivity (Wildman–Crippen MR) is 127 cm³/mol. The maximum atomic E-state index is 10.6. The Labute approximate surface area is 204 Å². The molecule has 3 atom stereocenters. The molecule has 1 saturated heterocycles. The van der Waals surface area contributed by atoms with Crippen molar-refractivity contribution in [2.45, 2.75) is 69.1 Å². The number of aliphatic carboxylic acids is 1. The zero-order chi connectivity index (χ0) is 26.2. The van der Waals surface area contributed by atoms with E-state index in [1.807, 2.05) is 6.07 Å². The summed E-state index contributed by atoms with van der Waals surface area (Å²) in [5, 5.41) is 21.9. The van der Waals surface area contributed by atoms with Gasteiger partial charge in [0.25, 0.3) is 0 Å². The van der Waals surface area contributed by atoms with Crippen LogP contribution < -0.4 is 20.1 Å². The highest BCUT2D eigenvalue weighted by Gasteiger charge is 2.50. The molecular formula is C24H37F3N4O4. The summed E-state index contributed by atoms with van der Waals surface area (Å²) in [6.07, 6.45) is 1.59. The first-order chi connectivity index (χ1) is 16.5. The SMILES string of the molecule is CCCCNC(=N)N[C@@H]1CC[C@@]2(c3ccc(OC)c(OC)c3)CCN(C)[C@H]2C1.O=C(O)C(F)(F)F. The van der Waals surface area contributed by atoms with Crippen LogP contribution in [0.2, 0.25) is 0 Å². The van der Waals surface area contributed by atoms with Gasteiger partial charge in [-0.05, 0) is 63.4 Å². The van der Waals surface area contributed by atoms with Crippen molar-refractivity contribution in [3.63, 3.8) is 0 Å². The van der Waals surface area contributed by atoms with E-state index in [1.54, 1.807) is 14.2 Å². The van der Waals surface area contributed by atoms with Crippen LogP contribution >= 0.6 is 0 Å². The summed E-state index contributed by atoms with van der Waals surface area (Å²) < 4.78 is 42.7. The highest BCUT2D eigenvalue weighted by atomic mass is 19.4. The molecule has 1 aromatic rings. The van der Waals surface area contributed by atoms with Crippen molar-refractivity contribution >= 4 is 11.9 Å². The van der Waals surface area contributed by atoms with Gasteiger partial charge in [-0.3, -0.25) is 5.41 Å². The lowest BCUT2D eigenvalue weighted by molar-refractivity contribution is -0.192. The van der Waals surface area contributed by atoms with Crippen LogP contribution in [0.3, 0.4) is 0 Å². The molecule has 1 saturated carbocycles. The quantitative estimate of drug-likeness (QED) is 0.256. The number of methoxy groups -OCH3 is 2. The number of nitrogens with zero attached hydrogens (tertiary/aromatic N) is 1. The maximum Gasteiger partial charge on any atom is 0.490 e. The van der Waals surface area contributed by atoms with Gasteiger partial charge in [0.15, 0.2) is 17.5 Å². The smallest absolute Gasteiger partial charge is 0.490 e. The van der Waals surface area contributed by atoms with Gasteiger partial charge in [0.2, 0.25) is 0 Å². The first-order valence-corrected chi connectivity index (χ1v) is 11.8. The van der Waals surface area contributed by atoms with Crippen LogP contribution in [0.4, 0.5) is 13.2 Å². The Kier molecular flexibility index (Phi) is 10.1. The monoisotopic (exact) mass is 502 g/mol. The Hall–Kier alpha value is -2.69. The summed E-state index contributed by atoms with van der Waals surface area (Å²) in [7, 11) is 5.62. The van der Waals surface area contributed by atoms with Crippen LogP contribution in [-0.4, -0.2) is 74.6 Å². The van der Waals surface area contributed by atoms with Crippen LogP contribution in [-0.2, 0) is 10.2 Å². The van der Waals surface area contributed by atoms with Gasteiger partial charge in [-0.1, -0.05) is 19.4 Å². The average molecular weight is 503 g/mol. The number of carboxylic acids is 1. The first kappa shape index (κ1) is 28.5. The number of benzene rings is 1. The second-order valence-corrected chi connectivity index (χ2v) is 9.05. The number of unbranched alkanes of at least 4 members (excludes halogenated alkanes) is 1. The molecule has 0 unspecified atom stereocenters. The van der Waals surface area contributed by atoms with Crippen molar-refractivity contribution in [3.05, 3.63) is 23.8 Å². The third kappa shape index (κ3) is 7.16. The molecule has 198 valence electrons. The Morgan fingerprint density at radius 1 is 1.26 bits per heavy atom. The Bertz CT molecular complexity index is 868. The van der Waals surface area contributed by atoms with Gasteiger partial charge in [0.05, 0.1) is 14.2 Å². The Balaban J connectivity index is 0.000000540. The van der Waals surface area contributed by atoms with Gasteiger partial charge >= 0.3 is 12.1 Å². The number of likely N-dealkylation sites (tertiary alicyclic amines) is 1. The molecule has 2 fully saturated rings. The molecule has 0 amide bonds. The van der Waals surface area contributed by atoms with Crippen LogP contribution in [0.1, 0.15) is 51.0 Å². The van der Waals surface area contributed by atoms with E-state index in [9.17, 15) is 13.2 Å². The standard InChI is InChI=1S/C22H36N4O2.C2HF3O2/c1-5-6-12-24-21(23)25-17-9-10-22(11-13-26(2)20(22)15-17)16-7-8-18(27-3)19(14-16)28-4;3-2(4,5)1(6)7/h7-8,14,17,20H,5-6,9-13,15H2,1-4H3,(H3,23,24,25);(H,6,7)/t17-,20+,22+;/m1./s1. The fourth-order valence-corrected chi connectivity index (χ4v) is 5.04. The van der Waals surface area contributed by atoms with Gasteiger partial charge in [-0.25, -0.2) is 4.79 Å². The number of hydrogen-bond acceptors (Lipinski definition) is 5. The molecule has 1 aromatic carbocycles. The van der Waals surface area contributed by atoms with Gasteiger partial charge < -0.3 is 30.1 Å². The number of rotatable bonds is 7. The Morgan fingerprint density at radius 3 is 2.49 bits per heavy atom. The summed E-state index contributed by atoms with van der Waals surface area (Å²) >= 11 is 0. The number of ether oxygens (including phenoxy) is 2. The van der Waals surface area contributed by atoms with E-state index < -0.39 is 12.1 Å². The zero-order valence-corrected chi connectivity index (χ0v) is 20.8. The minimum Gasteiger partial charge on any atom is -0.493 e. The average Bonchev–Trinajstić information content (AvgIpc) is 3.15. The fraction of sp³-hybridized carbons (Fsp3) is 0.667. The van der Waals surface area contributed by atoms with Crippen molar-refractivity contribution in [2.75, 3.05) is 34.4 Å². The van der Waals surface area contributed by atoms with Gasteiger partial charge in [-0.2, -0.15) is 13.2 Å². The lowest BCUT2D eigenvalue weighted by Gasteiger charge is -2.45. The number of alkyl halides is 3. The third-order valence-corrected chi connectivity index (χ3v) is 6.91. The number of hydrogen-bond donors (Lipinski definition) is 4. The summed E-state index contributed by atoms with van der Waals surface area (Å²) in [6, 6.07) is 7.25. The van der Waals surface area contributed by atoms with Crippen LogP contribution in [0.15, 0.2) is 18.2 Å². The largest absolute Gasteiger partial charge is 0.493 e. The minimum absolute atomic E-state index is 0.157. The summed E-state index contributed by atoms with van der Waals surface area (Å²) in [5.41, 5.74) is 1.51. The number of nitrogens with one attached hydrogen (secondary N) is 3. The van der Waals surface area contributed by atoms with E-state index in [2.05, 4.69) is 41.6 Å². The molecule has 1 aliphatic carbocycles. The first-order valence-electron chi connectivity index (χ1n) is 11.8. The molecule has 0 spiro atoms. The summed E-state index contributed by atoms with van der Waals surface area (Å²) in [5.74, 6) is -0.692. The van der Waals surface area contributed by atoms with E-state index in [-0.39, 0.29) is 5.41 Å². The minimum atomic E-state index is -5.08. The maximum absolute atomic E-state index is 10.6. The van der Waals surface area contributed by atoms with Crippen LogP contribution in [0.5, 0.6) is 11.5 Å². The lowest BCUT2D eigenvalue weighted by atomic mass is 9.65. The molecule has 1 heterocycles. The molecule has 8 nitrogen and oxygen atoms in total. The highest BCUT2D eigenvalue weighted by molar-refractivity contribution is 5.76. The second-order valence-electron chi connectivity index (χ2n) is 9.05. The normalized spacial score (nSPS) is 24.0. The summed E-state index contributed by atoms with van der Waals surface area (Å²) in [6.45, 7) is 4.15. The van der Waals surface area contributed by atoms with Crippen molar-refractivity contribution in [1.82, 2.24) is 15.5 Å². The Morgan fingerprint density at radius 2 is 1.91 bits per heavy atom. The molecule has 0 aromatic heterocycles. The molecule has 1 aliphatic heterocycles. The van der Waals surface area contributed by atoms with E-state index in [0.29, 0.717) is 18.0 Å². The lowest BCUT2D eigenvalue weighted by Crippen LogP contribution is -2.53. The third-order valence-electron chi connectivity index (χ3n) is 6.91. The predicted octanol–water partition coefficient (Wildman–Crippen LogP) is 3.75. The number of likely N-dealkylation sites (N-methyl/N-ethyl adjacent to an activating group) is 1. The van der Waals surface area contributed by atoms with Gasteiger partial charge in [-0.15, -0.1) is 0 Å². The number of guanidine groups is 1. The van der Waals surface area contributed by atoms with Crippen molar-refractivity contribution < 1.29 is 32.5 Å². The topological polar surface area (TPSA) is 107 Å². The number of carbonyl (C=O) groups is 1. The number of carboxylic acid groups (broad SMARTS) is 1. The van der Waals surface area contributed by atoms with Crippen LogP contribution in [0.25, 0.3) is 0 Å². The van der Waals surface area contributed by atoms with E-state index in [0.717, 1.165) is 56.7 Å². The zero-order valence-electron chi connectivity index (χ0n) is 20.8. The molecule has 11 heteroatoms. The molecule has 0 bridgehead atoms. The van der Waals surface area contributed by atoms with E-state index in [4.69, 9.17) is 24.8 Å². The molecule has 3 rings (SSSR count). The molecule has 0 radical (unpaired) electrons. The number of halogens is 3. The number of fused-ring (bicyclic) bond motifs is 1. The van der Waals surface area contributed by atoms with Gasteiger partial charge in [0.1, 0.15) is 0 Å². The van der Waals surface area contributed by atoms with Crippen molar-refractivity contribution in [1.29, 1.82) is 5.41 Å². The fourth-order valence-electron chi connectivity index (χ4n) is 5.04. The molecule has 2 aliphatic rings. The van der Waals surface area contributed by atoms with Crippen LogP contribution in [0, 0.1) is 5.41 Å². The molecule has 35 heavy (non-hydrogen) atoms. The van der Waals surface area contributed by atoms with E-state index in [1.165, 1.54) is 12.0 Å². The van der Waals surface area contributed by atoms with E-state index >= 15 is 0 Å². The molecular weight excluding hydrogens is 465 g/mol. The second kappa shape index (κ2) is 12.3. The van der Waals surface area contributed by atoms with Crippen molar-refractivity contribution in [3.8, 4) is 11.5 Å². The van der Waals surface area contributed by atoms with Crippen molar-refractivity contribution in [2.24, 2.45) is 0 Å². The van der Waals surface area contributed by atoms with Gasteiger partial charge in [0, 0.05) is 24.0 Å². The molecule has 4 N–H and O–H groups in total.